The average molecular weight is 301 g/mol. The van der Waals surface area contributed by atoms with Crippen LogP contribution in [0.4, 0.5) is 5.69 Å². The van der Waals surface area contributed by atoms with Crippen molar-refractivity contribution < 1.29 is 14.3 Å². The third-order valence-electron chi connectivity index (χ3n) is 3.73. The van der Waals surface area contributed by atoms with Crippen LogP contribution in [0.1, 0.15) is 28.7 Å². The normalized spacial score (nSPS) is 13.0. The van der Waals surface area contributed by atoms with Crippen LogP contribution in [-0.2, 0) is 6.54 Å². The van der Waals surface area contributed by atoms with Gasteiger partial charge in [0.05, 0.1) is 22.6 Å². The van der Waals surface area contributed by atoms with Crippen LogP contribution in [0.25, 0.3) is 0 Å². The van der Waals surface area contributed by atoms with Crippen molar-refractivity contribution in [2.45, 2.75) is 27.3 Å². The van der Waals surface area contributed by atoms with Gasteiger partial charge in [0.25, 0.3) is 5.91 Å². The topological polar surface area (TPSA) is 65.4 Å². The summed E-state index contributed by atoms with van der Waals surface area (Å²) in [6.45, 7) is 7.56. The first-order valence-electron chi connectivity index (χ1n) is 7.35. The zero-order valence-corrected chi connectivity index (χ0v) is 13.0. The number of anilines is 1. The zero-order valence-electron chi connectivity index (χ0n) is 13.0. The third kappa shape index (κ3) is 2.41. The van der Waals surface area contributed by atoms with Gasteiger partial charge in [-0.1, -0.05) is 6.07 Å². The quantitative estimate of drug-likeness (QED) is 0.946. The van der Waals surface area contributed by atoms with E-state index in [-0.39, 0.29) is 5.91 Å². The number of fused-ring (bicyclic) bond motifs is 1. The number of hydrogen-bond acceptors (Lipinski definition) is 4. The Morgan fingerprint density at radius 2 is 2.09 bits per heavy atom. The van der Waals surface area contributed by atoms with Gasteiger partial charge in [0.2, 0.25) is 0 Å². The standard InChI is InChI=1S/C16H19N3O3/c1-4-19-11(3)14(10(2)18-19)17-16(20)12-6-5-7-13-15(12)22-9-8-21-13/h5-7H,4,8-9H2,1-3H3,(H,17,20). The Bertz CT molecular complexity index is 722. The fourth-order valence-corrected chi connectivity index (χ4v) is 2.62. The lowest BCUT2D eigenvalue weighted by molar-refractivity contribution is 0.101. The van der Waals surface area contributed by atoms with Gasteiger partial charge in [-0.05, 0) is 32.9 Å². The largest absolute Gasteiger partial charge is 0.486 e. The van der Waals surface area contributed by atoms with Crippen LogP contribution in [-0.4, -0.2) is 28.9 Å². The molecule has 1 aliphatic rings. The Kier molecular flexibility index (Phi) is 3.75. The van der Waals surface area contributed by atoms with Crippen molar-refractivity contribution in [1.82, 2.24) is 9.78 Å². The van der Waals surface area contributed by atoms with Crippen LogP contribution >= 0.6 is 0 Å². The SMILES string of the molecule is CCn1nc(C)c(NC(=O)c2cccc3c2OCCO3)c1C. The summed E-state index contributed by atoms with van der Waals surface area (Å²) < 4.78 is 13.0. The number of aromatic nitrogens is 2. The molecule has 1 aromatic carbocycles. The van der Waals surface area contributed by atoms with Gasteiger partial charge < -0.3 is 14.8 Å². The van der Waals surface area contributed by atoms with Crippen molar-refractivity contribution in [2.24, 2.45) is 0 Å². The van der Waals surface area contributed by atoms with Gasteiger partial charge in [0.15, 0.2) is 11.5 Å². The summed E-state index contributed by atoms with van der Waals surface area (Å²) in [4.78, 5) is 12.6. The summed E-state index contributed by atoms with van der Waals surface area (Å²) in [6.07, 6.45) is 0. The van der Waals surface area contributed by atoms with E-state index in [9.17, 15) is 4.79 Å². The molecule has 0 saturated heterocycles. The maximum Gasteiger partial charge on any atom is 0.259 e. The summed E-state index contributed by atoms with van der Waals surface area (Å²) in [6, 6.07) is 5.33. The minimum absolute atomic E-state index is 0.218. The van der Waals surface area contributed by atoms with E-state index in [1.807, 2.05) is 25.5 Å². The minimum atomic E-state index is -0.218. The first-order chi connectivity index (χ1) is 10.6. The molecule has 6 nitrogen and oxygen atoms in total. The Morgan fingerprint density at radius 1 is 1.32 bits per heavy atom. The molecule has 0 saturated carbocycles. The van der Waals surface area contributed by atoms with Crippen molar-refractivity contribution in [2.75, 3.05) is 18.5 Å². The smallest absolute Gasteiger partial charge is 0.259 e. The van der Waals surface area contributed by atoms with E-state index in [1.54, 1.807) is 18.2 Å². The van der Waals surface area contributed by atoms with Gasteiger partial charge in [-0.15, -0.1) is 0 Å². The molecule has 1 amide bonds. The number of aryl methyl sites for hydroxylation is 2. The molecule has 2 aromatic rings. The van der Waals surface area contributed by atoms with Gasteiger partial charge >= 0.3 is 0 Å². The first-order valence-corrected chi connectivity index (χ1v) is 7.35. The average Bonchev–Trinajstić information content (AvgIpc) is 2.81. The summed E-state index contributed by atoms with van der Waals surface area (Å²) >= 11 is 0. The molecule has 0 radical (unpaired) electrons. The highest BCUT2D eigenvalue weighted by molar-refractivity contribution is 6.07. The number of ether oxygens (including phenoxy) is 2. The predicted octanol–water partition coefficient (Wildman–Crippen LogP) is 2.54. The maximum atomic E-state index is 12.6. The second kappa shape index (κ2) is 5.71. The molecule has 0 bridgehead atoms. The molecule has 2 heterocycles. The molecule has 0 atom stereocenters. The highest BCUT2D eigenvalue weighted by Crippen LogP contribution is 2.34. The van der Waals surface area contributed by atoms with Crippen LogP contribution in [0.5, 0.6) is 11.5 Å². The lowest BCUT2D eigenvalue weighted by Gasteiger charge is -2.20. The summed E-state index contributed by atoms with van der Waals surface area (Å²) in [5.41, 5.74) is 2.96. The van der Waals surface area contributed by atoms with Crippen LogP contribution in [0, 0.1) is 13.8 Å². The molecule has 6 heteroatoms. The van der Waals surface area contributed by atoms with E-state index < -0.39 is 0 Å². The molecule has 0 spiro atoms. The summed E-state index contributed by atoms with van der Waals surface area (Å²) in [5, 5.41) is 7.35. The summed E-state index contributed by atoms with van der Waals surface area (Å²) in [7, 11) is 0. The molecule has 0 unspecified atom stereocenters. The van der Waals surface area contributed by atoms with Gasteiger partial charge in [0, 0.05) is 6.54 Å². The number of hydrogen-bond donors (Lipinski definition) is 1. The lowest BCUT2D eigenvalue weighted by atomic mass is 10.1. The molecule has 1 aromatic heterocycles. The second-order valence-corrected chi connectivity index (χ2v) is 5.15. The van der Waals surface area contributed by atoms with Crippen LogP contribution in [0.15, 0.2) is 18.2 Å². The first kappa shape index (κ1) is 14.4. The molecule has 1 aliphatic heterocycles. The van der Waals surface area contributed by atoms with E-state index in [0.29, 0.717) is 30.3 Å². The van der Waals surface area contributed by atoms with Crippen LogP contribution in [0.2, 0.25) is 0 Å². The summed E-state index contributed by atoms with van der Waals surface area (Å²) in [5.74, 6) is 0.894. The highest BCUT2D eigenvalue weighted by atomic mass is 16.6. The molecular formula is C16H19N3O3. The predicted molar refractivity (Wildman–Crippen MR) is 82.8 cm³/mol. The number of para-hydroxylation sites is 1. The number of nitrogens with zero attached hydrogens (tertiary/aromatic N) is 2. The highest BCUT2D eigenvalue weighted by Gasteiger charge is 2.22. The van der Waals surface area contributed by atoms with Crippen molar-refractivity contribution in [1.29, 1.82) is 0 Å². The third-order valence-corrected chi connectivity index (χ3v) is 3.73. The number of carbonyl (C=O) groups excluding carboxylic acids is 1. The maximum absolute atomic E-state index is 12.6. The van der Waals surface area contributed by atoms with Gasteiger partial charge in [0.1, 0.15) is 13.2 Å². The number of amides is 1. The molecule has 22 heavy (non-hydrogen) atoms. The number of carbonyl (C=O) groups is 1. The Morgan fingerprint density at radius 3 is 2.82 bits per heavy atom. The molecule has 1 N–H and O–H groups in total. The van der Waals surface area contributed by atoms with Crippen molar-refractivity contribution in [3.63, 3.8) is 0 Å². The Balaban J connectivity index is 1.91. The Labute approximate surface area is 129 Å². The molecule has 0 aliphatic carbocycles. The lowest BCUT2D eigenvalue weighted by Crippen LogP contribution is -2.20. The van der Waals surface area contributed by atoms with Crippen molar-refractivity contribution >= 4 is 11.6 Å². The minimum Gasteiger partial charge on any atom is -0.486 e. The second-order valence-electron chi connectivity index (χ2n) is 5.15. The number of nitrogens with one attached hydrogen (secondary N) is 1. The fourth-order valence-electron chi connectivity index (χ4n) is 2.62. The van der Waals surface area contributed by atoms with E-state index in [2.05, 4.69) is 10.4 Å². The molecule has 0 fully saturated rings. The monoisotopic (exact) mass is 301 g/mol. The van der Waals surface area contributed by atoms with Gasteiger partial charge in [-0.25, -0.2) is 0 Å². The van der Waals surface area contributed by atoms with Crippen molar-refractivity contribution in [3.8, 4) is 11.5 Å². The van der Waals surface area contributed by atoms with Gasteiger partial charge in [-0.2, -0.15) is 5.10 Å². The fraction of sp³-hybridized carbons (Fsp3) is 0.375. The van der Waals surface area contributed by atoms with Crippen LogP contribution < -0.4 is 14.8 Å². The molecule has 3 rings (SSSR count). The van der Waals surface area contributed by atoms with E-state index >= 15 is 0 Å². The van der Waals surface area contributed by atoms with E-state index in [1.165, 1.54) is 0 Å². The van der Waals surface area contributed by atoms with Gasteiger partial charge in [-0.3, -0.25) is 9.48 Å². The van der Waals surface area contributed by atoms with Crippen molar-refractivity contribution in [3.05, 3.63) is 35.2 Å². The molecular weight excluding hydrogens is 282 g/mol. The van der Waals surface area contributed by atoms with E-state index in [0.717, 1.165) is 23.6 Å². The van der Waals surface area contributed by atoms with Crippen LogP contribution in [0.3, 0.4) is 0 Å². The number of benzene rings is 1. The Hall–Kier alpha value is -2.50. The molecule has 116 valence electrons. The van der Waals surface area contributed by atoms with E-state index in [4.69, 9.17) is 9.47 Å². The zero-order chi connectivity index (χ0) is 15.7. The number of rotatable bonds is 3.